The van der Waals surface area contributed by atoms with Gasteiger partial charge in [0.05, 0.1) is 4.87 Å². The number of para-hydroxylation sites is 1. The van der Waals surface area contributed by atoms with Crippen LogP contribution in [0.25, 0.3) is 0 Å². The number of aryl methyl sites for hydroxylation is 2. The van der Waals surface area contributed by atoms with E-state index >= 15 is 0 Å². The van der Waals surface area contributed by atoms with Gasteiger partial charge in [-0.3, -0.25) is 9.59 Å². The monoisotopic (exact) mass is 376 g/mol. The summed E-state index contributed by atoms with van der Waals surface area (Å²) in [6.07, 6.45) is 0.259. The quantitative estimate of drug-likeness (QED) is 0.818. The molecule has 140 valence electrons. The predicted molar refractivity (Wildman–Crippen MR) is 101 cm³/mol. The molecule has 0 spiro atoms. The van der Waals surface area contributed by atoms with Gasteiger partial charge in [-0.25, -0.2) is 4.79 Å². The number of carbonyl (C=O) groups is 3. The standard InChI is InChI=1S/C19H24N2O4S/c1-11-6-5-7-12(2)16(11)20-17(23)13(3)25-18(24)14-10-26-19(4)9-8-15(22)21(14)19/h5-7,13-14H,8-10H2,1-4H3,(H,20,23)/t13-,14-,19+/m1/s1. The van der Waals surface area contributed by atoms with Crippen LogP contribution in [-0.4, -0.2) is 45.5 Å². The topological polar surface area (TPSA) is 75.7 Å². The van der Waals surface area contributed by atoms with E-state index in [1.54, 1.807) is 23.6 Å². The molecule has 0 bridgehead atoms. The summed E-state index contributed by atoms with van der Waals surface area (Å²) in [5.74, 6) is -0.406. The van der Waals surface area contributed by atoms with Crippen LogP contribution in [0.2, 0.25) is 0 Å². The molecule has 2 heterocycles. The molecule has 0 saturated carbocycles. The molecule has 2 aliphatic heterocycles. The van der Waals surface area contributed by atoms with Crippen LogP contribution in [0.1, 0.15) is 37.8 Å². The van der Waals surface area contributed by atoms with Crippen molar-refractivity contribution in [3.63, 3.8) is 0 Å². The molecular weight excluding hydrogens is 352 g/mol. The SMILES string of the molecule is Cc1cccc(C)c1NC(=O)[C@@H](C)OC(=O)[C@H]1CS[C@@]2(C)CCC(=O)N12. The fraction of sp³-hybridized carbons (Fsp3) is 0.526. The normalized spacial score (nSPS) is 25.8. The minimum absolute atomic E-state index is 0.0212. The summed E-state index contributed by atoms with van der Waals surface area (Å²) in [6.45, 7) is 7.35. The van der Waals surface area contributed by atoms with E-state index in [4.69, 9.17) is 4.74 Å². The molecule has 0 aliphatic carbocycles. The Labute approximate surface area is 157 Å². The summed E-state index contributed by atoms with van der Waals surface area (Å²) in [5, 5.41) is 2.83. The lowest BCUT2D eigenvalue weighted by Gasteiger charge is -2.29. The minimum atomic E-state index is -0.934. The molecule has 3 rings (SSSR count). The molecule has 0 aromatic heterocycles. The Morgan fingerprint density at radius 3 is 2.65 bits per heavy atom. The number of benzene rings is 1. The number of nitrogens with one attached hydrogen (secondary N) is 1. The fourth-order valence-electron chi connectivity index (χ4n) is 3.54. The second-order valence-electron chi connectivity index (χ2n) is 7.10. The average Bonchev–Trinajstić information content (AvgIpc) is 3.07. The van der Waals surface area contributed by atoms with Crippen molar-refractivity contribution >= 4 is 35.2 Å². The smallest absolute Gasteiger partial charge is 0.330 e. The molecule has 2 amide bonds. The van der Waals surface area contributed by atoms with E-state index in [1.165, 1.54) is 0 Å². The molecule has 26 heavy (non-hydrogen) atoms. The van der Waals surface area contributed by atoms with Crippen LogP contribution >= 0.6 is 11.8 Å². The second kappa shape index (κ2) is 6.95. The van der Waals surface area contributed by atoms with E-state index in [0.717, 1.165) is 23.2 Å². The summed E-state index contributed by atoms with van der Waals surface area (Å²) in [4.78, 5) is 38.5. The van der Waals surface area contributed by atoms with Crippen molar-refractivity contribution in [3.8, 4) is 0 Å². The maximum Gasteiger partial charge on any atom is 0.330 e. The lowest BCUT2D eigenvalue weighted by molar-refractivity contribution is -0.160. The van der Waals surface area contributed by atoms with Crippen LogP contribution < -0.4 is 5.32 Å². The molecule has 3 atom stereocenters. The van der Waals surface area contributed by atoms with E-state index in [2.05, 4.69) is 5.32 Å². The Hall–Kier alpha value is -2.02. The fourth-order valence-corrected chi connectivity index (χ4v) is 4.95. The Balaban J connectivity index is 1.64. The first-order valence-corrected chi connectivity index (χ1v) is 9.75. The van der Waals surface area contributed by atoms with Gasteiger partial charge in [-0.1, -0.05) is 18.2 Å². The van der Waals surface area contributed by atoms with Gasteiger partial charge in [-0.05, 0) is 45.2 Å². The first kappa shape index (κ1) is 18.8. The molecule has 2 fully saturated rings. The highest BCUT2D eigenvalue weighted by Gasteiger charge is 2.53. The van der Waals surface area contributed by atoms with Gasteiger partial charge in [0.1, 0.15) is 6.04 Å². The molecule has 6 nitrogen and oxygen atoms in total. The number of nitrogens with zero attached hydrogens (tertiary/aromatic N) is 1. The number of carbonyl (C=O) groups excluding carboxylic acids is 3. The van der Waals surface area contributed by atoms with E-state index in [9.17, 15) is 14.4 Å². The van der Waals surface area contributed by atoms with Crippen molar-refractivity contribution in [2.75, 3.05) is 11.1 Å². The molecule has 1 aromatic rings. The lowest BCUT2D eigenvalue weighted by Crippen LogP contribution is -2.48. The van der Waals surface area contributed by atoms with Crippen molar-refractivity contribution < 1.29 is 19.1 Å². The van der Waals surface area contributed by atoms with Gasteiger partial charge in [-0.2, -0.15) is 0 Å². The largest absolute Gasteiger partial charge is 0.451 e. The van der Waals surface area contributed by atoms with Crippen LogP contribution in [0.5, 0.6) is 0 Å². The summed E-state index contributed by atoms with van der Waals surface area (Å²) in [5.41, 5.74) is 2.63. The highest BCUT2D eigenvalue weighted by molar-refractivity contribution is 8.01. The van der Waals surface area contributed by atoms with E-state index in [-0.39, 0.29) is 16.7 Å². The average molecular weight is 376 g/mol. The van der Waals surface area contributed by atoms with Crippen molar-refractivity contribution in [1.82, 2.24) is 4.90 Å². The van der Waals surface area contributed by atoms with Gasteiger partial charge in [0.15, 0.2) is 6.10 Å². The Kier molecular flexibility index (Phi) is 5.01. The van der Waals surface area contributed by atoms with Gasteiger partial charge in [0.2, 0.25) is 5.91 Å². The van der Waals surface area contributed by atoms with Crippen LogP contribution in [0.15, 0.2) is 18.2 Å². The van der Waals surface area contributed by atoms with Crippen LogP contribution in [0, 0.1) is 13.8 Å². The van der Waals surface area contributed by atoms with Gasteiger partial charge in [-0.15, -0.1) is 11.8 Å². The molecular formula is C19H24N2O4S. The van der Waals surface area contributed by atoms with Gasteiger partial charge >= 0.3 is 5.97 Å². The first-order chi connectivity index (χ1) is 12.2. The number of esters is 1. The van der Waals surface area contributed by atoms with Crippen molar-refractivity contribution in [3.05, 3.63) is 29.3 Å². The summed E-state index contributed by atoms with van der Waals surface area (Å²) in [6, 6.07) is 5.13. The van der Waals surface area contributed by atoms with E-state index in [0.29, 0.717) is 12.2 Å². The van der Waals surface area contributed by atoms with Crippen LogP contribution in [-0.2, 0) is 19.1 Å². The first-order valence-electron chi connectivity index (χ1n) is 8.76. The highest BCUT2D eigenvalue weighted by Crippen LogP contribution is 2.47. The Morgan fingerprint density at radius 2 is 2.00 bits per heavy atom. The lowest BCUT2D eigenvalue weighted by atomic mass is 10.1. The third-order valence-corrected chi connectivity index (χ3v) is 6.61. The number of anilines is 1. The van der Waals surface area contributed by atoms with Crippen molar-refractivity contribution in [2.24, 2.45) is 0 Å². The third-order valence-electron chi connectivity index (χ3n) is 5.11. The number of rotatable bonds is 4. The molecule has 2 saturated heterocycles. The molecule has 2 aliphatic rings. The summed E-state index contributed by atoms with van der Waals surface area (Å²) in [7, 11) is 0. The zero-order valence-electron chi connectivity index (χ0n) is 15.5. The number of thioether (sulfide) groups is 1. The number of hydrogen-bond acceptors (Lipinski definition) is 5. The Morgan fingerprint density at radius 1 is 1.35 bits per heavy atom. The van der Waals surface area contributed by atoms with Gasteiger partial charge in [0.25, 0.3) is 5.91 Å². The second-order valence-corrected chi connectivity index (χ2v) is 8.60. The van der Waals surface area contributed by atoms with Gasteiger partial charge < -0.3 is 15.0 Å². The number of fused-ring (bicyclic) bond motifs is 1. The number of amides is 2. The molecule has 0 radical (unpaired) electrons. The van der Waals surface area contributed by atoms with Gasteiger partial charge in [0, 0.05) is 17.9 Å². The number of hydrogen-bond donors (Lipinski definition) is 1. The molecule has 7 heteroatoms. The van der Waals surface area contributed by atoms with Crippen LogP contribution in [0.4, 0.5) is 5.69 Å². The molecule has 0 unspecified atom stereocenters. The van der Waals surface area contributed by atoms with Crippen molar-refractivity contribution in [2.45, 2.75) is 57.6 Å². The zero-order valence-corrected chi connectivity index (χ0v) is 16.3. The van der Waals surface area contributed by atoms with E-state index in [1.807, 2.05) is 39.0 Å². The third kappa shape index (κ3) is 3.32. The minimum Gasteiger partial charge on any atom is -0.451 e. The summed E-state index contributed by atoms with van der Waals surface area (Å²) >= 11 is 1.60. The van der Waals surface area contributed by atoms with Crippen molar-refractivity contribution in [1.29, 1.82) is 0 Å². The van der Waals surface area contributed by atoms with E-state index < -0.39 is 18.1 Å². The van der Waals surface area contributed by atoms with Crippen LogP contribution in [0.3, 0.4) is 0 Å². The zero-order chi connectivity index (χ0) is 19.1. The molecule has 1 N–H and O–H groups in total. The summed E-state index contributed by atoms with van der Waals surface area (Å²) < 4.78 is 5.39. The number of ether oxygens (including phenoxy) is 1. The molecule has 1 aromatic carbocycles. The highest BCUT2D eigenvalue weighted by atomic mass is 32.2. The Bertz CT molecular complexity index is 746. The maximum atomic E-state index is 12.6. The maximum absolute atomic E-state index is 12.6. The predicted octanol–water partition coefficient (Wildman–Crippen LogP) is 2.63.